The van der Waals surface area contributed by atoms with Gasteiger partial charge < -0.3 is 39.7 Å². The molecule has 20 heteroatoms. The number of aryl methyl sites for hydroxylation is 2. The average molecular weight is 1060 g/mol. The summed E-state index contributed by atoms with van der Waals surface area (Å²) in [5.41, 5.74) is 2.27. The first-order chi connectivity index (χ1) is 35.2. The number of esters is 2. The lowest BCUT2D eigenvalue weighted by Crippen LogP contribution is -2.53. The third kappa shape index (κ3) is 21.9. The molecule has 0 spiro atoms. The van der Waals surface area contributed by atoms with E-state index >= 15 is 0 Å². The van der Waals surface area contributed by atoms with Gasteiger partial charge in [-0.3, -0.25) is 33.6 Å². The Bertz CT molecular complexity index is 2190. The summed E-state index contributed by atoms with van der Waals surface area (Å²) in [6.07, 6.45) is 10.5. The number of hydrogen-bond donors (Lipinski definition) is 5. The maximum absolute atomic E-state index is 14.2. The van der Waals surface area contributed by atoms with E-state index in [4.69, 9.17) is 24.2 Å². The largest absolute Gasteiger partial charge is 0.480 e. The number of nitrogens with zero attached hydrogens (tertiary/aromatic N) is 2. The zero-order valence-electron chi connectivity index (χ0n) is 43.5. The van der Waals surface area contributed by atoms with Crippen molar-refractivity contribution in [2.45, 2.75) is 155 Å². The van der Waals surface area contributed by atoms with Crippen LogP contribution in [0.3, 0.4) is 0 Å². The molecule has 2 unspecified atom stereocenters. The van der Waals surface area contributed by atoms with Crippen LogP contribution in [0.1, 0.15) is 123 Å². The first-order valence-electron chi connectivity index (χ1n) is 25.8. The number of carboxylic acids is 4. The lowest BCUT2D eigenvalue weighted by atomic mass is 9.79. The van der Waals surface area contributed by atoms with E-state index in [1.54, 1.807) is 20.8 Å². The van der Waals surface area contributed by atoms with Gasteiger partial charge in [-0.05, 0) is 88.2 Å². The van der Waals surface area contributed by atoms with E-state index in [1.807, 2.05) is 74.5 Å². The van der Waals surface area contributed by atoms with Crippen molar-refractivity contribution >= 4 is 55.0 Å². The van der Waals surface area contributed by atoms with Gasteiger partial charge in [0, 0.05) is 43.7 Å². The third-order valence-corrected chi connectivity index (χ3v) is 15.6. The van der Waals surface area contributed by atoms with E-state index in [0.717, 1.165) is 44.1 Å². The molecule has 3 fully saturated rings. The van der Waals surface area contributed by atoms with Gasteiger partial charge in [0.05, 0.1) is 12.6 Å². The molecule has 2 amide bonds. The molecular formula is C54H78N3O16P. The van der Waals surface area contributed by atoms with Crippen LogP contribution in [0.2, 0.25) is 0 Å². The molecule has 0 aromatic heterocycles. The van der Waals surface area contributed by atoms with Crippen molar-refractivity contribution in [3.8, 4) is 0 Å². The topological polar surface area (TPSA) is 281 Å². The monoisotopic (exact) mass is 1060 g/mol. The maximum Gasteiger partial charge on any atom is 0.328 e. The normalized spacial score (nSPS) is 19.7. The van der Waals surface area contributed by atoms with Crippen LogP contribution in [-0.4, -0.2) is 140 Å². The standard InChI is InChI=1S/C30H46NO7P.C20H28N2O5.C4H4O4/c1-4-28(33)37-30(22(2)3)38-39(36,18-12-11-15-23-13-7-5-8-14-23)21-27(32)31-20-25(19-26(31)29(34)35)24-16-9-6-10-17-24;1-3-27-20(26)16(12-11-15-8-5-4-6-9-15)21-14(2)18(23)22-13-7-10-17(22)19(24)25;5-3(6)1-2-4(7)8/h5,7-8,13-14,22,24-26,30H,4,6,9-12,15-21H2,1-3H3,(H,34,35);4-6,8-9,14,16-17,21H,3,7,10-13H2,1-2H3,(H,24,25);1-2H,(H,5,6)(H,7,8)/b;;2-1-/t25-,26+,30?,39?;14-,16-,17-;/m10./s1. The fourth-order valence-electron chi connectivity index (χ4n) is 9.32. The molecule has 3 aliphatic rings. The summed E-state index contributed by atoms with van der Waals surface area (Å²) >= 11 is 0. The highest BCUT2D eigenvalue weighted by atomic mass is 31.2. The summed E-state index contributed by atoms with van der Waals surface area (Å²) in [5.74, 6) is -5.81. The number of nitrogens with one attached hydrogen (secondary N) is 1. The Hall–Kier alpha value is -5.91. The van der Waals surface area contributed by atoms with Crippen LogP contribution in [0.5, 0.6) is 0 Å². The van der Waals surface area contributed by atoms with E-state index in [1.165, 1.54) is 21.8 Å². The van der Waals surface area contributed by atoms with E-state index in [0.29, 0.717) is 69.7 Å². The first-order valence-corrected chi connectivity index (χ1v) is 27.8. The highest BCUT2D eigenvalue weighted by molar-refractivity contribution is 7.59. The van der Waals surface area contributed by atoms with E-state index in [2.05, 4.69) is 5.32 Å². The number of carbonyl (C=O) groups excluding carboxylic acids is 4. The Morgan fingerprint density at radius 3 is 1.84 bits per heavy atom. The zero-order chi connectivity index (χ0) is 54.8. The molecule has 0 radical (unpaired) electrons. The lowest BCUT2D eigenvalue weighted by Gasteiger charge is -2.30. The highest BCUT2D eigenvalue weighted by Gasteiger charge is 2.45. The van der Waals surface area contributed by atoms with Crippen LogP contribution in [0.25, 0.3) is 0 Å². The number of hydrogen-bond acceptors (Lipinski definition) is 13. The predicted octanol–water partition coefficient (Wildman–Crippen LogP) is 7.44. The molecule has 2 aliphatic heterocycles. The van der Waals surface area contributed by atoms with Gasteiger partial charge in [-0.2, -0.15) is 0 Å². The van der Waals surface area contributed by atoms with Gasteiger partial charge in [0.25, 0.3) is 0 Å². The third-order valence-electron chi connectivity index (χ3n) is 13.2. The SMILES string of the molecule is CCC(=O)OC(OP(=O)(CCCCc1ccccc1)CC(=O)N1C[C@H](C2CCCCC2)C[C@H]1C(=O)O)C(C)C.CCOC(=O)[C@H](CCc1ccccc1)N[C@@H](C)C(=O)N1CCC[C@H]1C(=O)O.O=C(O)/C=C\C(=O)O. The van der Waals surface area contributed by atoms with Crippen LogP contribution >= 0.6 is 7.37 Å². The number of carboxylic acid groups (broad SMARTS) is 4. The number of benzene rings is 2. The predicted molar refractivity (Wildman–Crippen MR) is 275 cm³/mol. The molecule has 74 heavy (non-hydrogen) atoms. The molecular weight excluding hydrogens is 978 g/mol. The second-order valence-electron chi connectivity index (χ2n) is 19.2. The van der Waals surface area contributed by atoms with Crippen LogP contribution in [0.15, 0.2) is 72.8 Å². The Labute approximate surface area is 434 Å². The number of aliphatic carboxylic acids is 4. The van der Waals surface area contributed by atoms with Gasteiger partial charge in [0.15, 0.2) is 0 Å². The van der Waals surface area contributed by atoms with Crippen molar-refractivity contribution in [3.63, 3.8) is 0 Å². The van der Waals surface area contributed by atoms with Crippen molar-refractivity contribution < 1.29 is 77.3 Å². The molecule has 0 bridgehead atoms. The fourth-order valence-corrected chi connectivity index (χ4v) is 11.6. The van der Waals surface area contributed by atoms with E-state index in [9.17, 15) is 53.1 Å². The summed E-state index contributed by atoms with van der Waals surface area (Å²) in [6, 6.07) is 16.8. The molecule has 7 atom stereocenters. The minimum absolute atomic E-state index is 0.149. The second kappa shape index (κ2) is 32.4. The minimum Gasteiger partial charge on any atom is -0.480 e. The molecule has 1 aliphatic carbocycles. The molecule has 2 heterocycles. The highest BCUT2D eigenvalue weighted by Crippen LogP contribution is 2.51. The number of ether oxygens (including phenoxy) is 2. The lowest BCUT2D eigenvalue weighted by molar-refractivity contribution is -0.169. The molecule has 5 N–H and O–H groups in total. The van der Waals surface area contributed by atoms with Gasteiger partial charge in [-0.25, -0.2) is 19.2 Å². The quantitative estimate of drug-likeness (QED) is 0.0212. The number of rotatable bonds is 25. The molecule has 2 saturated heterocycles. The molecule has 19 nitrogen and oxygen atoms in total. The number of unbranched alkanes of at least 4 members (excludes halogenated alkanes) is 1. The first kappa shape index (κ1) is 62.4. The molecule has 2 aromatic carbocycles. The number of carbonyl (C=O) groups is 8. The van der Waals surface area contributed by atoms with Crippen LogP contribution in [0, 0.1) is 17.8 Å². The van der Waals surface area contributed by atoms with Crippen molar-refractivity contribution in [2.75, 3.05) is 32.0 Å². The van der Waals surface area contributed by atoms with E-state index in [-0.39, 0.29) is 43.1 Å². The smallest absolute Gasteiger partial charge is 0.328 e. The van der Waals surface area contributed by atoms with Crippen molar-refractivity contribution in [1.29, 1.82) is 0 Å². The van der Waals surface area contributed by atoms with Crippen molar-refractivity contribution in [2.24, 2.45) is 17.8 Å². The van der Waals surface area contributed by atoms with Crippen molar-refractivity contribution in [3.05, 3.63) is 83.9 Å². The van der Waals surface area contributed by atoms with Crippen LogP contribution in [-0.2, 0) is 69.8 Å². The number of amides is 2. The van der Waals surface area contributed by atoms with E-state index < -0.39 is 79.5 Å². The summed E-state index contributed by atoms with van der Waals surface area (Å²) in [5, 5.41) is 37.9. The Morgan fingerprint density at radius 1 is 0.730 bits per heavy atom. The molecule has 1 saturated carbocycles. The summed E-state index contributed by atoms with van der Waals surface area (Å²) in [7, 11) is -3.60. The molecule has 410 valence electrons. The Balaban J connectivity index is 0.000000356. The summed E-state index contributed by atoms with van der Waals surface area (Å²) in [4.78, 5) is 96.0. The molecule has 2 aromatic rings. The average Bonchev–Trinajstić information content (AvgIpc) is 4.07. The van der Waals surface area contributed by atoms with Gasteiger partial charge in [0.1, 0.15) is 24.3 Å². The van der Waals surface area contributed by atoms with Crippen LogP contribution in [0.4, 0.5) is 0 Å². The van der Waals surface area contributed by atoms with Crippen molar-refractivity contribution in [1.82, 2.24) is 15.1 Å². The Kier molecular flexibility index (Phi) is 27.3. The molecule has 5 rings (SSSR count). The summed E-state index contributed by atoms with van der Waals surface area (Å²) < 4.78 is 30.8. The zero-order valence-corrected chi connectivity index (χ0v) is 44.4. The second-order valence-corrected chi connectivity index (χ2v) is 21.9. The maximum atomic E-state index is 14.2. The number of likely N-dealkylation sites (tertiary alicyclic amines) is 2. The summed E-state index contributed by atoms with van der Waals surface area (Å²) in [6.45, 7) is 9.77. The fraction of sp³-hybridized carbons (Fsp3) is 0.593. The Morgan fingerprint density at radius 2 is 1.31 bits per heavy atom. The van der Waals surface area contributed by atoms with Gasteiger partial charge in [-0.1, -0.05) is 114 Å². The van der Waals surface area contributed by atoms with Gasteiger partial charge in [-0.15, -0.1) is 0 Å². The van der Waals surface area contributed by atoms with Gasteiger partial charge >= 0.3 is 35.8 Å². The minimum atomic E-state index is -3.60. The van der Waals surface area contributed by atoms with Crippen LogP contribution < -0.4 is 5.32 Å². The van der Waals surface area contributed by atoms with Gasteiger partial charge in [0.2, 0.25) is 25.5 Å².